The summed E-state index contributed by atoms with van der Waals surface area (Å²) in [5.74, 6) is 1.42. The molecule has 0 aliphatic heterocycles. The number of hydrogen-bond acceptors (Lipinski definition) is 2. The molecule has 0 saturated heterocycles. The highest BCUT2D eigenvalue weighted by molar-refractivity contribution is 6.17. The molecule has 0 aliphatic carbocycles. The zero-order chi connectivity index (χ0) is 14.9. The topological polar surface area (TPSA) is 16.1 Å². The van der Waals surface area contributed by atoms with Crippen LogP contribution >= 0.6 is 11.6 Å². The maximum absolute atomic E-state index is 6.12. The van der Waals surface area contributed by atoms with E-state index in [4.69, 9.17) is 11.6 Å². The minimum absolute atomic E-state index is 0.476. The van der Waals surface area contributed by atoms with Crippen LogP contribution in [0.4, 0.5) is 11.5 Å². The predicted octanol–water partition coefficient (Wildman–Crippen LogP) is 4.82. The van der Waals surface area contributed by atoms with Crippen LogP contribution in [0.3, 0.4) is 0 Å². The lowest BCUT2D eigenvalue weighted by Crippen LogP contribution is -2.15. The molecule has 0 fully saturated rings. The molecule has 0 atom stereocenters. The van der Waals surface area contributed by atoms with Crippen LogP contribution in [-0.4, -0.2) is 12.0 Å². The molecular weight excluding hydrogens is 268 g/mol. The Kier molecular flexibility index (Phi) is 4.34. The van der Waals surface area contributed by atoms with Gasteiger partial charge in [0, 0.05) is 24.0 Å². The zero-order valence-corrected chi connectivity index (χ0v) is 13.5. The Morgan fingerprint density at radius 1 is 1.00 bits per heavy atom. The number of aryl methyl sites for hydroxylation is 4. The lowest BCUT2D eigenvalue weighted by molar-refractivity contribution is 1.04. The summed E-state index contributed by atoms with van der Waals surface area (Å²) in [6.07, 6.45) is 0. The first-order valence-electron chi connectivity index (χ1n) is 6.77. The van der Waals surface area contributed by atoms with Crippen molar-refractivity contribution in [1.82, 2.24) is 4.98 Å². The SMILES string of the molecule is Cc1cc(C)cc(N(C)c2nc(C)cc(C)c2CCl)c1. The van der Waals surface area contributed by atoms with Crippen molar-refractivity contribution in [3.8, 4) is 0 Å². The van der Waals surface area contributed by atoms with Gasteiger partial charge in [0.1, 0.15) is 5.82 Å². The largest absolute Gasteiger partial charge is 0.329 e. The van der Waals surface area contributed by atoms with E-state index in [9.17, 15) is 0 Å². The van der Waals surface area contributed by atoms with Gasteiger partial charge in [-0.1, -0.05) is 6.07 Å². The van der Waals surface area contributed by atoms with E-state index in [1.165, 1.54) is 16.7 Å². The van der Waals surface area contributed by atoms with Gasteiger partial charge in [0.25, 0.3) is 0 Å². The Bertz CT molecular complexity index is 615. The summed E-state index contributed by atoms with van der Waals surface area (Å²) in [7, 11) is 2.05. The van der Waals surface area contributed by atoms with Gasteiger partial charge < -0.3 is 4.90 Å². The molecule has 0 spiro atoms. The lowest BCUT2D eigenvalue weighted by atomic mass is 10.1. The highest BCUT2D eigenvalue weighted by Gasteiger charge is 2.14. The average Bonchev–Trinajstić information content (AvgIpc) is 2.35. The molecule has 0 bridgehead atoms. The molecule has 2 aromatic rings. The minimum Gasteiger partial charge on any atom is -0.329 e. The number of halogens is 1. The number of alkyl halides is 1. The fourth-order valence-electron chi connectivity index (χ4n) is 2.55. The zero-order valence-electron chi connectivity index (χ0n) is 12.8. The van der Waals surface area contributed by atoms with Gasteiger partial charge in [-0.05, 0) is 62.6 Å². The molecular formula is C17H21ClN2. The van der Waals surface area contributed by atoms with E-state index in [2.05, 4.69) is 54.9 Å². The summed E-state index contributed by atoms with van der Waals surface area (Å²) in [5, 5.41) is 0. The van der Waals surface area contributed by atoms with Crippen molar-refractivity contribution in [2.24, 2.45) is 0 Å². The van der Waals surface area contributed by atoms with Crippen LogP contribution in [-0.2, 0) is 5.88 Å². The third kappa shape index (κ3) is 2.96. The Hall–Kier alpha value is -1.54. The van der Waals surface area contributed by atoms with Crippen molar-refractivity contribution in [2.45, 2.75) is 33.6 Å². The number of nitrogens with zero attached hydrogens (tertiary/aromatic N) is 2. The second-order valence-electron chi connectivity index (χ2n) is 5.42. The number of hydrogen-bond donors (Lipinski definition) is 0. The van der Waals surface area contributed by atoms with Crippen LogP contribution in [0.15, 0.2) is 24.3 Å². The highest BCUT2D eigenvalue weighted by Crippen LogP contribution is 2.30. The molecule has 1 heterocycles. The molecule has 0 saturated carbocycles. The highest BCUT2D eigenvalue weighted by atomic mass is 35.5. The quantitative estimate of drug-likeness (QED) is 0.753. The molecule has 0 radical (unpaired) electrons. The summed E-state index contributed by atoms with van der Waals surface area (Å²) in [4.78, 5) is 6.80. The standard InChI is InChI=1S/C17H21ClN2/c1-11-6-12(2)8-15(7-11)20(5)17-16(10-18)13(3)9-14(4)19-17/h6-9H,10H2,1-5H3. The number of aromatic nitrogens is 1. The monoisotopic (exact) mass is 288 g/mol. The molecule has 2 nitrogen and oxygen atoms in total. The molecule has 1 aromatic heterocycles. The molecule has 0 amide bonds. The van der Waals surface area contributed by atoms with Crippen molar-refractivity contribution >= 4 is 23.1 Å². The van der Waals surface area contributed by atoms with Crippen molar-refractivity contribution < 1.29 is 0 Å². The van der Waals surface area contributed by atoms with Crippen LogP contribution < -0.4 is 4.90 Å². The number of benzene rings is 1. The maximum Gasteiger partial charge on any atom is 0.137 e. The van der Waals surface area contributed by atoms with Gasteiger partial charge in [0.15, 0.2) is 0 Å². The molecule has 0 aliphatic rings. The van der Waals surface area contributed by atoms with Crippen LogP contribution in [0.25, 0.3) is 0 Å². The van der Waals surface area contributed by atoms with Gasteiger partial charge in [0.05, 0.1) is 5.88 Å². The maximum atomic E-state index is 6.12. The third-order valence-electron chi connectivity index (χ3n) is 3.50. The normalized spacial score (nSPS) is 10.7. The van der Waals surface area contributed by atoms with Crippen molar-refractivity contribution in [3.05, 3.63) is 52.2 Å². The van der Waals surface area contributed by atoms with Gasteiger partial charge in [-0.2, -0.15) is 0 Å². The molecule has 0 unspecified atom stereocenters. The van der Waals surface area contributed by atoms with E-state index < -0.39 is 0 Å². The average molecular weight is 289 g/mol. The summed E-state index contributed by atoms with van der Waals surface area (Å²) < 4.78 is 0. The van der Waals surface area contributed by atoms with Gasteiger partial charge in [-0.15, -0.1) is 11.6 Å². The molecule has 3 heteroatoms. The lowest BCUT2D eigenvalue weighted by Gasteiger charge is -2.23. The smallest absolute Gasteiger partial charge is 0.137 e. The van der Waals surface area contributed by atoms with E-state index >= 15 is 0 Å². The second-order valence-corrected chi connectivity index (χ2v) is 5.69. The Morgan fingerprint density at radius 2 is 1.60 bits per heavy atom. The summed E-state index contributed by atoms with van der Waals surface area (Å²) in [5.41, 5.74) is 6.96. The van der Waals surface area contributed by atoms with Crippen molar-refractivity contribution in [1.29, 1.82) is 0 Å². The second kappa shape index (κ2) is 5.84. The third-order valence-corrected chi connectivity index (χ3v) is 3.77. The predicted molar refractivity (Wildman–Crippen MR) is 87.2 cm³/mol. The Morgan fingerprint density at radius 3 is 2.15 bits per heavy atom. The first-order valence-corrected chi connectivity index (χ1v) is 7.31. The van der Waals surface area contributed by atoms with E-state index in [0.717, 1.165) is 22.8 Å². The number of rotatable bonds is 3. The van der Waals surface area contributed by atoms with Crippen molar-refractivity contribution in [2.75, 3.05) is 11.9 Å². The molecule has 2 rings (SSSR count). The van der Waals surface area contributed by atoms with Crippen LogP contribution in [0.1, 0.15) is 27.9 Å². The van der Waals surface area contributed by atoms with E-state index in [0.29, 0.717) is 5.88 Å². The molecule has 20 heavy (non-hydrogen) atoms. The first kappa shape index (κ1) is 14.9. The van der Waals surface area contributed by atoms with E-state index in [-0.39, 0.29) is 0 Å². The fourth-order valence-corrected chi connectivity index (χ4v) is 2.88. The van der Waals surface area contributed by atoms with Crippen molar-refractivity contribution in [3.63, 3.8) is 0 Å². The van der Waals surface area contributed by atoms with Crippen LogP contribution in [0.2, 0.25) is 0 Å². The van der Waals surface area contributed by atoms with E-state index in [1.54, 1.807) is 0 Å². The summed E-state index contributed by atoms with van der Waals surface area (Å²) in [6.45, 7) is 8.33. The number of pyridine rings is 1. The Balaban J connectivity index is 2.55. The van der Waals surface area contributed by atoms with Gasteiger partial charge in [-0.3, -0.25) is 0 Å². The number of anilines is 2. The van der Waals surface area contributed by atoms with Gasteiger partial charge in [0.2, 0.25) is 0 Å². The minimum atomic E-state index is 0.476. The van der Waals surface area contributed by atoms with Gasteiger partial charge in [-0.25, -0.2) is 4.98 Å². The van der Waals surface area contributed by atoms with Crippen LogP contribution in [0.5, 0.6) is 0 Å². The summed E-state index contributed by atoms with van der Waals surface area (Å²) in [6, 6.07) is 8.60. The van der Waals surface area contributed by atoms with Crippen LogP contribution in [0, 0.1) is 27.7 Å². The first-order chi connectivity index (χ1) is 9.42. The fraction of sp³-hybridized carbons (Fsp3) is 0.353. The van der Waals surface area contributed by atoms with E-state index in [1.807, 2.05) is 14.0 Å². The summed E-state index contributed by atoms with van der Waals surface area (Å²) >= 11 is 6.12. The molecule has 106 valence electrons. The molecule has 1 aromatic carbocycles. The molecule has 0 N–H and O–H groups in total. The van der Waals surface area contributed by atoms with Gasteiger partial charge >= 0.3 is 0 Å². The Labute approximate surface area is 126 Å².